The first-order valence-corrected chi connectivity index (χ1v) is 13.2. The van der Waals surface area contributed by atoms with E-state index >= 15 is 0 Å². The number of anilines is 1. The van der Waals surface area contributed by atoms with Gasteiger partial charge >= 0.3 is 0 Å². The molecular weight excluding hydrogens is 484 g/mol. The number of rotatable bonds is 6. The van der Waals surface area contributed by atoms with Crippen LogP contribution in [0, 0.1) is 5.41 Å². The third-order valence-electron chi connectivity index (χ3n) is 6.81. The monoisotopic (exact) mass is 512 g/mol. The van der Waals surface area contributed by atoms with Gasteiger partial charge in [0.15, 0.2) is 23.1 Å². The van der Waals surface area contributed by atoms with E-state index in [1.54, 1.807) is 18.4 Å². The molecule has 0 spiro atoms. The molecule has 1 atom stereocenters. The summed E-state index contributed by atoms with van der Waals surface area (Å²) in [6.07, 6.45) is 1.25. The number of nitrogens with one attached hydrogen (secondary N) is 1. The Morgan fingerprint density at radius 2 is 1.92 bits per heavy atom. The topological polar surface area (TPSA) is 78.3 Å². The first-order valence-electron chi connectivity index (χ1n) is 12.3. The molecule has 8 heteroatoms. The highest BCUT2D eigenvalue weighted by Crippen LogP contribution is 2.46. The molecule has 1 N–H and O–H groups in total. The largest absolute Gasteiger partial charge is 0.493 e. The predicted octanol–water partition coefficient (Wildman–Crippen LogP) is 6.25. The lowest BCUT2D eigenvalue weighted by Gasteiger charge is -2.38. The highest BCUT2D eigenvalue weighted by molar-refractivity contribution is 7.13. The van der Waals surface area contributed by atoms with Crippen LogP contribution in [0.2, 0.25) is 0 Å². The Morgan fingerprint density at radius 3 is 2.68 bits per heavy atom. The van der Waals surface area contributed by atoms with Gasteiger partial charge in [0, 0.05) is 17.7 Å². The zero-order valence-electron chi connectivity index (χ0n) is 21.0. The Morgan fingerprint density at radius 1 is 1.08 bits per heavy atom. The van der Waals surface area contributed by atoms with Gasteiger partial charge in [0.2, 0.25) is 5.95 Å². The molecule has 0 saturated heterocycles. The maximum atomic E-state index is 13.5. The lowest BCUT2D eigenvalue weighted by molar-refractivity contribution is -0.118. The van der Waals surface area contributed by atoms with Gasteiger partial charge in [-0.25, -0.2) is 4.68 Å². The predicted molar refractivity (Wildman–Crippen MR) is 144 cm³/mol. The van der Waals surface area contributed by atoms with Crippen molar-refractivity contribution in [3.63, 3.8) is 0 Å². The second kappa shape index (κ2) is 9.19. The van der Waals surface area contributed by atoms with Gasteiger partial charge in [0.25, 0.3) is 0 Å². The number of benzene rings is 2. The first-order chi connectivity index (χ1) is 17.9. The van der Waals surface area contributed by atoms with E-state index in [0.717, 1.165) is 33.7 Å². The average molecular weight is 513 g/mol. The number of ketones is 1. The van der Waals surface area contributed by atoms with Crippen LogP contribution in [0.25, 0.3) is 10.7 Å². The summed E-state index contributed by atoms with van der Waals surface area (Å²) in [6.45, 7) is 4.69. The fourth-order valence-corrected chi connectivity index (χ4v) is 5.79. The summed E-state index contributed by atoms with van der Waals surface area (Å²) in [6, 6.07) is 19.4. The van der Waals surface area contributed by atoms with Gasteiger partial charge in [-0.15, -0.1) is 16.4 Å². The summed E-state index contributed by atoms with van der Waals surface area (Å²) in [4.78, 5) is 19.3. The molecular formula is C29H28N4O3S. The number of hydrogen-bond acceptors (Lipinski definition) is 7. The maximum Gasteiger partial charge on any atom is 0.226 e. The second-order valence-corrected chi connectivity index (χ2v) is 11.2. The number of nitrogens with zero attached hydrogens (tertiary/aromatic N) is 3. The Balaban J connectivity index is 1.42. The van der Waals surface area contributed by atoms with Crippen LogP contribution >= 0.6 is 11.3 Å². The molecule has 2 aromatic carbocycles. The SMILES string of the molecule is COc1cc(C2C3=C(CC(C)(C)CC3=O)Nc3nc(-c4cccs4)nn32)ccc1OCc1ccccc1. The number of hydrogen-bond donors (Lipinski definition) is 1. The van der Waals surface area contributed by atoms with Crippen LogP contribution in [-0.4, -0.2) is 27.7 Å². The third kappa shape index (κ3) is 4.42. The molecule has 1 aliphatic carbocycles. The smallest absolute Gasteiger partial charge is 0.226 e. The van der Waals surface area contributed by atoms with Crippen molar-refractivity contribution in [2.24, 2.45) is 5.41 Å². The van der Waals surface area contributed by atoms with Crippen molar-refractivity contribution in [2.45, 2.75) is 39.3 Å². The summed E-state index contributed by atoms with van der Waals surface area (Å²) < 4.78 is 13.6. The molecule has 0 fully saturated rings. The van der Waals surface area contributed by atoms with Crippen molar-refractivity contribution in [2.75, 3.05) is 12.4 Å². The van der Waals surface area contributed by atoms with Crippen LogP contribution in [0.5, 0.6) is 11.5 Å². The molecule has 188 valence electrons. The highest BCUT2D eigenvalue weighted by atomic mass is 32.1. The van der Waals surface area contributed by atoms with Crippen molar-refractivity contribution < 1.29 is 14.3 Å². The van der Waals surface area contributed by atoms with E-state index in [-0.39, 0.29) is 11.2 Å². The van der Waals surface area contributed by atoms with Crippen molar-refractivity contribution in [1.29, 1.82) is 0 Å². The molecule has 2 aromatic heterocycles. The average Bonchev–Trinajstić information content (AvgIpc) is 3.56. The number of carbonyl (C=O) groups excluding carboxylic acids is 1. The molecule has 6 rings (SSSR count). The van der Waals surface area contributed by atoms with E-state index in [1.807, 2.05) is 70.7 Å². The Labute approximate surface area is 219 Å². The van der Waals surface area contributed by atoms with E-state index in [4.69, 9.17) is 19.6 Å². The van der Waals surface area contributed by atoms with Gasteiger partial charge in [-0.1, -0.05) is 56.3 Å². The fourth-order valence-electron chi connectivity index (χ4n) is 5.14. The van der Waals surface area contributed by atoms with Crippen molar-refractivity contribution in [3.8, 4) is 22.2 Å². The van der Waals surface area contributed by atoms with Gasteiger partial charge in [-0.05, 0) is 46.5 Å². The zero-order valence-corrected chi connectivity index (χ0v) is 21.8. The van der Waals surface area contributed by atoms with Crippen LogP contribution in [0.15, 0.2) is 77.3 Å². The van der Waals surface area contributed by atoms with Crippen LogP contribution in [0.3, 0.4) is 0 Å². The van der Waals surface area contributed by atoms with Crippen LogP contribution in [0.4, 0.5) is 5.95 Å². The number of thiophene rings is 1. The molecule has 0 radical (unpaired) electrons. The summed E-state index contributed by atoms with van der Waals surface area (Å²) in [5, 5.41) is 10.3. The molecule has 1 unspecified atom stereocenters. The van der Waals surface area contributed by atoms with E-state index in [2.05, 4.69) is 19.2 Å². The van der Waals surface area contributed by atoms with Gasteiger partial charge in [-0.2, -0.15) is 4.98 Å². The Hall–Kier alpha value is -3.91. The molecule has 3 heterocycles. The lowest BCUT2D eigenvalue weighted by Crippen LogP contribution is -2.36. The molecule has 0 bridgehead atoms. The van der Waals surface area contributed by atoms with Gasteiger partial charge in [-0.3, -0.25) is 4.79 Å². The minimum absolute atomic E-state index is 0.126. The van der Waals surface area contributed by atoms with E-state index in [0.29, 0.717) is 36.3 Å². The number of aromatic nitrogens is 3. The van der Waals surface area contributed by atoms with Gasteiger partial charge < -0.3 is 14.8 Å². The van der Waals surface area contributed by atoms with Gasteiger partial charge in [0.1, 0.15) is 12.6 Å². The summed E-state index contributed by atoms with van der Waals surface area (Å²) >= 11 is 1.59. The standard InChI is InChI=1S/C29H28N4O3S/c1-29(2)15-20-25(21(34)16-29)26(33-28(30-20)31-27(32-33)24-10-7-13-37-24)19-11-12-22(23(14-19)35-3)36-17-18-8-5-4-6-9-18/h4-14,26H,15-17H2,1-3H3,(H,30,31,32). The van der Waals surface area contributed by atoms with Crippen molar-refractivity contribution >= 4 is 23.1 Å². The first kappa shape index (κ1) is 23.5. The fraction of sp³-hybridized carbons (Fsp3) is 0.276. The molecule has 0 saturated carbocycles. The summed E-state index contributed by atoms with van der Waals surface area (Å²) in [5.74, 6) is 2.67. The highest BCUT2D eigenvalue weighted by Gasteiger charge is 2.42. The minimum Gasteiger partial charge on any atom is -0.493 e. The van der Waals surface area contributed by atoms with E-state index in [9.17, 15) is 4.79 Å². The van der Waals surface area contributed by atoms with E-state index < -0.39 is 6.04 Å². The number of methoxy groups -OCH3 is 1. The molecule has 37 heavy (non-hydrogen) atoms. The quantitative estimate of drug-likeness (QED) is 0.329. The number of fused-ring (bicyclic) bond motifs is 1. The zero-order chi connectivity index (χ0) is 25.6. The molecule has 1 aliphatic heterocycles. The minimum atomic E-state index is -0.409. The van der Waals surface area contributed by atoms with Gasteiger partial charge in [0.05, 0.1) is 12.0 Å². The Kier molecular flexibility index (Phi) is 5.83. The number of carbonyl (C=O) groups is 1. The molecule has 0 amide bonds. The van der Waals surface area contributed by atoms with Crippen LogP contribution < -0.4 is 14.8 Å². The summed E-state index contributed by atoms with van der Waals surface area (Å²) in [7, 11) is 1.63. The van der Waals surface area contributed by atoms with E-state index in [1.165, 1.54) is 0 Å². The normalized spacial score (nSPS) is 18.1. The number of ether oxygens (including phenoxy) is 2. The molecule has 7 nitrogen and oxygen atoms in total. The Bertz CT molecular complexity index is 1490. The van der Waals surface area contributed by atoms with Crippen LogP contribution in [0.1, 0.15) is 43.9 Å². The van der Waals surface area contributed by atoms with Crippen molar-refractivity contribution in [3.05, 3.63) is 88.4 Å². The number of allylic oxidation sites excluding steroid dienone is 2. The van der Waals surface area contributed by atoms with Crippen LogP contribution in [-0.2, 0) is 11.4 Å². The molecule has 4 aromatic rings. The van der Waals surface area contributed by atoms with Crippen molar-refractivity contribution in [1.82, 2.24) is 14.8 Å². The lowest BCUT2D eigenvalue weighted by atomic mass is 9.73. The maximum absolute atomic E-state index is 13.5. The number of Topliss-reactive ketones (excluding diaryl/α,β-unsaturated/α-hetero) is 1. The third-order valence-corrected chi connectivity index (χ3v) is 7.68. The molecule has 2 aliphatic rings. The summed E-state index contributed by atoms with van der Waals surface area (Å²) in [5.41, 5.74) is 3.51. The second-order valence-electron chi connectivity index (χ2n) is 10.2.